The third-order valence-corrected chi connectivity index (χ3v) is 6.06. The highest BCUT2D eigenvalue weighted by molar-refractivity contribution is 6.09. The number of methoxy groups -OCH3 is 1. The minimum Gasteiger partial charge on any atom is -0.497 e. The predicted octanol–water partition coefficient (Wildman–Crippen LogP) is 2.97. The van der Waals surface area contributed by atoms with Crippen LogP contribution in [0.25, 0.3) is 0 Å². The summed E-state index contributed by atoms with van der Waals surface area (Å²) in [5.41, 5.74) is 0.102. The van der Waals surface area contributed by atoms with E-state index < -0.39 is 23.3 Å². The molecule has 4 amide bonds. The fourth-order valence-corrected chi connectivity index (χ4v) is 4.28. The molecule has 0 aliphatic carbocycles. The SMILES string of the molecule is COc1ccc(C2CCCN2C(=O)CN2C(=O)NC(C)(c3ccc(F)cc3)C2=O)cc1. The molecule has 31 heavy (non-hydrogen) atoms. The number of urea groups is 1. The van der Waals surface area contributed by atoms with Crippen LogP contribution in [0.15, 0.2) is 48.5 Å². The first kappa shape index (κ1) is 20.8. The number of likely N-dealkylation sites (tertiary alicyclic amines) is 1. The fourth-order valence-electron chi connectivity index (χ4n) is 4.28. The summed E-state index contributed by atoms with van der Waals surface area (Å²) < 4.78 is 18.5. The molecule has 0 bridgehead atoms. The van der Waals surface area contributed by atoms with Crippen LogP contribution in [-0.2, 0) is 15.1 Å². The first-order chi connectivity index (χ1) is 14.8. The van der Waals surface area contributed by atoms with Gasteiger partial charge in [-0.15, -0.1) is 0 Å². The lowest BCUT2D eigenvalue weighted by atomic mass is 9.92. The molecule has 1 N–H and O–H groups in total. The molecule has 2 heterocycles. The number of hydrogen-bond donors (Lipinski definition) is 1. The Balaban J connectivity index is 1.50. The molecule has 8 heteroatoms. The van der Waals surface area contributed by atoms with Crippen LogP contribution in [0.2, 0.25) is 0 Å². The molecule has 2 atom stereocenters. The molecular weight excluding hydrogens is 401 g/mol. The lowest BCUT2D eigenvalue weighted by molar-refractivity contribution is -0.139. The summed E-state index contributed by atoms with van der Waals surface area (Å²) in [6.07, 6.45) is 1.65. The molecule has 0 spiro atoms. The van der Waals surface area contributed by atoms with Gasteiger partial charge in [0.2, 0.25) is 5.91 Å². The number of rotatable bonds is 5. The van der Waals surface area contributed by atoms with E-state index in [1.54, 1.807) is 18.9 Å². The highest BCUT2D eigenvalue weighted by atomic mass is 19.1. The fraction of sp³-hybridized carbons (Fsp3) is 0.348. The summed E-state index contributed by atoms with van der Waals surface area (Å²) in [5.74, 6) is -0.517. The van der Waals surface area contributed by atoms with Crippen molar-refractivity contribution in [1.29, 1.82) is 0 Å². The molecule has 2 aliphatic rings. The van der Waals surface area contributed by atoms with Crippen LogP contribution in [-0.4, -0.2) is 47.8 Å². The minimum atomic E-state index is -1.34. The number of benzene rings is 2. The second-order valence-corrected chi connectivity index (χ2v) is 7.97. The van der Waals surface area contributed by atoms with Gasteiger partial charge in [-0.3, -0.25) is 14.5 Å². The molecule has 2 aromatic carbocycles. The van der Waals surface area contributed by atoms with E-state index in [2.05, 4.69) is 5.32 Å². The van der Waals surface area contributed by atoms with Gasteiger partial charge in [-0.25, -0.2) is 9.18 Å². The van der Waals surface area contributed by atoms with Crippen LogP contribution in [0.1, 0.15) is 36.9 Å². The molecule has 2 fully saturated rings. The molecule has 7 nitrogen and oxygen atoms in total. The van der Waals surface area contributed by atoms with Gasteiger partial charge in [0, 0.05) is 6.54 Å². The van der Waals surface area contributed by atoms with E-state index in [0.717, 1.165) is 29.1 Å². The Bertz CT molecular complexity index is 1010. The molecule has 2 aliphatic heterocycles. The normalized spacial score (nSPS) is 23.3. The number of ether oxygens (including phenoxy) is 1. The summed E-state index contributed by atoms with van der Waals surface area (Å²) in [4.78, 5) is 41.3. The zero-order valence-corrected chi connectivity index (χ0v) is 17.4. The number of carbonyl (C=O) groups excluding carboxylic acids is 3. The number of nitrogens with zero attached hydrogens (tertiary/aromatic N) is 2. The maximum Gasteiger partial charge on any atom is 0.325 e. The highest BCUT2D eigenvalue weighted by Crippen LogP contribution is 2.34. The molecular formula is C23H24FN3O4. The topological polar surface area (TPSA) is 79.0 Å². The Hall–Kier alpha value is -3.42. The largest absolute Gasteiger partial charge is 0.497 e. The first-order valence-electron chi connectivity index (χ1n) is 10.2. The zero-order valence-electron chi connectivity index (χ0n) is 17.4. The quantitative estimate of drug-likeness (QED) is 0.747. The smallest absolute Gasteiger partial charge is 0.325 e. The maximum atomic E-state index is 13.3. The molecule has 2 unspecified atom stereocenters. The molecule has 0 radical (unpaired) electrons. The van der Waals surface area contributed by atoms with E-state index in [4.69, 9.17) is 4.74 Å². The van der Waals surface area contributed by atoms with Gasteiger partial charge in [-0.2, -0.15) is 0 Å². The van der Waals surface area contributed by atoms with Crippen LogP contribution >= 0.6 is 0 Å². The molecule has 0 saturated carbocycles. The summed E-state index contributed by atoms with van der Waals surface area (Å²) in [7, 11) is 1.60. The summed E-state index contributed by atoms with van der Waals surface area (Å²) in [6, 6.07) is 12.2. The van der Waals surface area contributed by atoms with Gasteiger partial charge in [0.05, 0.1) is 13.2 Å². The second kappa shape index (κ2) is 8.02. The van der Waals surface area contributed by atoms with E-state index in [-0.39, 0.29) is 18.5 Å². The molecule has 2 saturated heterocycles. The van der Waals surface area contributed by atoms with Crippen molar-refractivity contribution in [3.05, 3.63) is 65.5 Å². The molecule has 0 aromatic heterocycles. The average Bonchev–Trinajstić information content (AvgIpc) is 3.34. The monoisotopic (exact) mass is 425 g/mol. The Morgan fingerprint density at radius 1 is 1.16 bits per heavy atom. The number of carbonyl (C=O) groups is 3. The van der Waals surface area contributed by atoms with Gasteiger partial charge in [0.25, 0.3) is 5.91 Å². The molecule has 162 valence electrons. The minimum absolute atomic E-state index is 0.109. The van der Waals surface area contributed by atoms with Gasteiger partial charge in [0.15, 0.2) is 0 Å². The third kappa shape index (κ3) is 3.73. The van der Waals surface area contributed by atoms with E-state index in [9.17, 15) is 18.8 Å². The summed E-state index contributed by atoms with van der Waals surface area (Å²) in [6.45, 7) is 1.78. The Labute approximate surface area is 179 Å². The number of amides is 4. The first-order valence-corrected chi connectivity index (χ1v) is 10.2. The third-order valence-electron chi connectivity index (χ3n) is 6.06. The van der Waals surface area contributed by atoms with Gasteiger partial charge in [-0.1, -0.05) is 24.3 Å². The maximum absolute atomic E-state index is 13.3. The summed E-state index contributed by atoms with van der Waals surface area (Å²) in [5, 5.41) is 2.65. The van der Waals surface area contributed by atoms with Crippen LogP contribution in [0.4, 0.5) is 9.18 Å². The molecule has 2 aromatic rings. The lowest BCUT2D eigenvalue weighted by Crippen LogP contribution is -2.44. The van der Waals surface area contributed by atoms with Crippen LogP contribution in [0.5, 0.6) is 5.75 Å². The average molecular weight is 425 g/mol. The van der Waals surface area contributed by atoms with Crippen LogP contribution in [0, 0.1) is 5.82 Å². The molecule has 4 rings (SSSR count). The van der Waals surface area contributed by atoms with Crippen LogP contribution < -0.4 is 10.1 Å². The Kier molecular flexibility index (Phi) is 5.39. The number of halogens is 1. The van der Waals surface area contributed by atoms with E-state index >= 15 is 0 Å². The van der Waals surface area contributed by atoms with Crippen molar-refractivity contribution < 1.29 is 23.5 Å². The summed E-state index contributed by atoms with van der Waals surface area (Å²) >= 11 is 0. The lowest BCUT2D eigenvalue weighted by Gasteiger charge is -2.27. The van der Waals surface area contributed by atoms with Gasteiger partial charge < -0.3 is 15.0 Å². The second-order valence-electron chi connectivity index (χ2n) is 7.97. The van der Waals surface area contributed by atoms with Gasteiger partial charge >= 0.3 is 6.03 Å². The zero-order chi connectivity index (χ0) is 22.2. The van der Waals surface area contributed by atoms with Gasteiger partial charge in [-0.05, 0) is 55.2 Å². The van der Waals surface area contributed by atoms with E-state index in [1.807, 2.05) is 24.3 Å². The van der Waals surface area contributed by atoms with E-state index in [1.165, 1.54) is 24.3 Å². The van der Waals surface area contributed by atoms with Crippen LogP contribution in [0.3, 0.4) is 0 Å². The highest BCUT2D eigenvalue weighted by Gasteiger charge is 2.50. The van der Waals surface area contributed by atoms with E-state index in [0.29, 0.717) is 12.1 Å². The number of nitrogens with one attached hydrogen (secondary N) is 1. The Morgan fingerprint density at radius 2 is 1.84 bits per heavy atom. The van der Waals surface area contributed by atoms with Crippen molar-refractivity contribution in [2.75, 3.05) is 20.2 Å². The standard InChI is InChI=1S/C23H24FN3O4/c1-23(16-7-9-17(24)10-8-16)21(29)27(22(30)25-23)14-20(28)26-13-3-4-19(26)15-5-11-18(31-2)12-6-15/h5-12,19H,3-4,13-14H2,1-2H3,(H,25,30). The van der Waals surface area contributed by atoms with Crippen molar-refractivity contribution in [3.63, 3.8) is 0 Å². The predicted molar refractivity (Wildman–Crippen MR) is 111 cm³/mol. The Morgan fingerprint density at radius 3 is 2.48 bits per heavy atom. The van der Waals surface area contributed by atoms with Crippen molar-refractivity contribution in [3.8, 4) is 5.75 Å². The number of imide groups is 1. The van der Waals surface area contributed by atoms with Crippen molar-refractivity contribution in [1.82, 2.24) is 15.1 Å². The van der Waals surface area contributed by atoms with Crippen molar-refractivity contribution in [2.24, 2.45) is 0 Å². The van der Waals surface area contributed by atoms with Crippen molar-refractivity contribution in [2.45, 2.75) is 31.3 Å². The van der Waals surface area contributed by atoms with Crippen molar-refractivity contribution >= 4 is 17.8 Å². The van der Waals surface area contributed by atoms with Gasteiger partial charge in [0.1, 0.15) is 23.7 Å². The number of hydrogen-bond acceptors (Lipinski definition) is 4.